The van der Waals surface area contributed by atoms with Crippen LogP contribution >= 0.6 is 0 Å². The Labute approximate surface area is 351 Å². The minimum absolute atomic E-state index is 0.905. The lowest BCUT2D eigenvalue weighted by atomic mass is 9.96. The summed E-state index contributed by atoms with van der Waals surface area (Å²) < 4.78 is 11.2. The molecule has 0 atom stereocenters. The largest absolute Gasteiger partial charge is 0.456 e. The van der Waals surface area contributed by atoms with Gasteiger partial charge in [0, 0.05) is 43.4 Å². The highest BCUT2D eigenvalue weighted by molar-refractivity contribution is 6.14. The summed E-state index contributed by atoms with van der Waals surface area (Å²) >= 11 is 0. The van der Waals surface area contributed by atoms with Crippen LogP contribution in [0.3, 0.4) is 0 Å². The highest BCUT2D eigenvalue weighted by Crippen LogP contribution is 2.41. The van der Waals surface area contributed by atoms with Gasteiger partial charge in [0.05, 0.1) is 27.8 Å². The van der Waals surface area contributed by atoms with Crippen LogP contribution in [0.5, 0.6) is 0 Å². The summed E-state index contributed by atoms with van der Waals surface area (Å²) in [5, 5.41) is 9.65. The molecular formula is C58H36N2O. The summed E-state index contributed by atoms with van der Waals surface area (Å²) in [4.78, 5) is 0. The molecule has 3 heterocycles. The van der Waals surface area contributed by atoms with Gasteiger partial charge in [0.15, 0.2) is 0 Å². The molecule has 13 aromatic rings. The maximum atomic E-state index is 6.32. The molecule has 0 fully saturated rings. The number of nitrogens with zero attached hydrogens (tertiary/aromatic N) is 2. The van der Waals surface area contributed by atoms with Gasteiger partial charge in [-0.1, -0.05) is 152 Å². The standard InChI is InChI=1S/C58H36N2O/c1-2-13-37(14-3-1)38-15-10-16-42(33-38)59-52-23-7-4-17-46(52)48-30-27-40(35-56(48)59)39-29-32-55-51(34-39)47-18-5-8-24-53(47)60(55)54-25-12-21-44-43(20-11-22-45(44)54)41-28-31-50-49-19-6-9-26-57(49)61-58(50)36-41/h1-36H. The van der Waals surface area contributed by atoms with Crippen molar-refractivity contribution in [3.8, 4) is 44.8 Å². The van der Waals surface area contributed by atoms with E-state index in [0.29, 0.717) is 0 Å². The Kier molecular flexibility index (Phi) is 7.31. The lowest BCUT2D eigenvalue weighted by Gasteiger charge is -2.14. The Hall–Kier alpha value is -8.14. The molecule has 13 rings (SSSR count). The van der Waals surface area contributed by atoms with Gasteiger partial charge in [-0.05, 0) is 105 Å². The predicted molar refractivity (Wildman–Crippen MR) is 256 cm³/mol. The highest BCUT2D eigenvalue weighted by Gasteiger charge is 2.18. The van der Waals surface area contributed by atoms with Gasteiger partial charge in [-0.25, -0.2) is 0 Å². The molecular weight excluding hydrogens is 741 g/mol. The summed E-state index contributed by atoms with van der Waals surface area (Å²) in [6, 6.07) is 79.3. The monoisotopic (exact) mass is 776 g/mol. The van der Waals surface area contributed by atoms with Gasteiger partial charge in [0.1, 0.15) is 11.2 Å². The first-order valence-corrected chi connectivity index (χ1v) is 20.9. The summed E-state index contributed by atoms with van der Waals surface area (Å²) in [6.07, 6.45) is 0. The van der Waals surface area contributed by atoms with Gasteiger partial charge in [-0.2, -0.15) is 0 Å². The van der Waals surface area contributed by atoms with Gasteiger partial charge in [0.2, 0.25) is 0 Å². The van der Waals surface area contributed by atoms with Crippen molar-refractivity contribution >= 4 is 76.3 Å². The molecule has 0 N–H and O–H groups in total. The first-order valence-electron chi connectivity index (χ1n) is 20.9. The van der Waals surface area contributed by atoms with Gasteiger partial charge in [-0.3, -0.25) is 0 Å². The highest BCUT2D eigenvalue weighted by atomic mass is 16.3. The van der Waals surface area contributed by atoms with Gasteiger partial charge in [0.25, 0.3) is 0 Å². The minimum atomic E-state index is 0.905. The van der Waals surface area contributed by atoms with Gasteiger partial charge in [-0.15, -0.1) is 0 Å². The third kappa shape index (κ3) is 5.17. The number of furan rings is 1. The van der Waals surface area contributed by atoms with E-state index in [1.807, 2.05) is 12.1 Å². The first-order chi connectivity index (χ1) is 30.2. The molecule has 3 nitrogen and oxygen atoms in total. The number of rotatable bonds is 5. The zero-order chi connectivity index (χ0) is 40.0. The number of hydrogen-bond acceptors (Lipinski definition) is 1. The number of benzene rings is 10. The van der Waals surface area contributed by atoms with Crippen molar-refractivity contribution in [2.75, 3.05) is 0 Å². The van der Waals surface area contributed by atoms with Crippen molar-refractivity contribution in [2.45, 2.75) is 0 Å². The number of hydrogen-bond donors (Lipinski definition) is 0. The molecule has 0 aliphatic rings. The lowest BCUT2D eigenvalue weighted by Crippen LogP contribution is -1.96. The summed E-state index contributed by atoms with van der Waals surface area (Å²) in [6.45, 7) is 0. The lowest BCUT2D eigenvalue weighted by molar-refractivity contribution is 0.669. The quantitative estimate of drug-likeness (QED) is 0.171. The van der Waals surface area contributed by atoms with E-state index in [-0.39, 0.29) is 0 Å². The molecule has 0 aliphatic heterocycles. The molecule has 61 heavy (non-hydrogen) atoms. The van der Waals surface area contributed by atoms with Crippen molar-refractivity contribution in [1.82, 2.24) is 9.13 Å². The molecule has 0 radical (unpaired) electrons. The van der Waals surface area contributed by atoms with Crippen LogP contribution < -0.4 is 0 Å². The smallest absolute Gasteiger partial charge is 0.136 e. The summed E-state index contributed by atoms with van der Waals surface area (Å²) in [7, 11) is 0. The van der Waals surface area contributed by atoms with Crippen molar-refractivity contribution in [2.24, 2.45) is 0 Å². The molecule has 0 spiro atoms. The van der Waals surface area contributed by atoms with Crippen LogP contribution in [0.2, 0.25) is 0 Å². The molecule has 0 unspecified atom stereocenters. The zero-order valence-electron chi connectivity index (χ0n) is 33.1. The normalized spacial score (nSPS) is 11.9. The van der Waals surface area contributed by atoms with Gasteiger partial charge >= 0.3 is 0 Å². The number of aromatic nitrogens is 2. The molecule has 3 heteroatoms. The maximum Gasteiger partial charge on any atom is 0.136 e. The second-order valence-corrected chi connectivity index (χ2v) is 16.1. The van der Waals surface area contributed by atoms with E-state index in [1.165, 1.54) is 82.2 Å². The second kappa shape index (κ2) is 13.2. The third-order valence-electron chi connectivity index (χ3n) is 12.7. The summed E-state index contributed by atoms with van der Waals surface area (Å²) in [5.74, 6) is 0. The van der Waals surface area contributed by atoms with Crippen molar-refractivity contribution in [1.29, 1.82) is 0 Å². The van der Waals surface area contributed by atoms with Crippen LogP contribution in [0.15, 0.2) is 223 Å². The van der Waals surface area contributed by atoms with Crippen molar-refractivity contribution in [3.05, 3.63) is 218 Å². The van der Waals surface area contributed by atoms with Gasteiger partial charge < -0.3 is 13.6 Å². The average molecular weight is 777 g/mol. The number of fused-ring (bicyclic) bond motifs is 10. The molecule has 3 aromatic heterocycles. The predicted octanol–water partition coefficient (Wildman–Crippen LogP) is 15.9. The van der Waals surface area contributed by atoms with Crippen molar-refractivity contribution in [3.63, 3.8) is 0 Å². The topological polar surface area (TPSA) is 23.0 Å². The second-order valence-electron chi connectivity index (χ2n) is 16.1. The zero-order valence-corrected chi connectivity index (χ0v) is 33.1. The van der Waals surface area contributed by atoms with Crippen molar-refractivity contribution < 1.29 is 4.42 Å². The third-order valence-corrected chi connectivity index (χ3v) is 12.7. The molecule has 0 amide bonds. The Morgan fingerprint density at radius 3 is 1.72 bits per heavy atom. The molecule has 0 bridgehead atoms. The minimum Gasteiger partial charge on any atom is -0.456 e. The van der Waals surface area contributed by atoms with Crippen LogP contribution in [0.25, 0.3) is 121 Å². The average Bonchev–Trinajstić information content (AvgIpc) is 3.98. The Morgan fingerprint density at radius 1 is 0.262 bits per heavy atom. The van der Waals surface area contributed by atoms with E-state index < -0.39 is 0 Å². The first kappa shape index (κ1) is 33.8. The molecule has 10 aromatic carbocycles. The summed E-state index contributed by atoms with van der Waals surface area (Å²) in [5.41, 5.74) is 16.0. The molecule has 0 saturated heterocycles. The molecule has 0 aliphatic carbocycles. The number of para-hydroxylation sites is 3. The Morgan fingerprint density at radius 2 is 0.836 bits per heavy atom. The van der Waals surface area contributed by atoms with E-state index in [1.54, 1.807) is 0 Å². The fraction of sp³-hybridized carbons (Fsp3) is 0. The Balaban J connectivity index is 0.963. The maximum absolute atomic E-state index is 6.32. The fourth-order valence-corrected chi connectivity index (χ4v) is 9.93. The van der Waals surface area contributed by atoms with E-state index in [4.69, 9.17) is 4.42 Å². The van der Waals surface area contributed by atoms with Crippen LogP contribution in [0, 0.1) is 0 Å². The fourth-order valence-electron chi connectivity index (χ4n) is 9.93. The van der Waals surface area contributed by atoms with E-state index in [9.17, 15) is 0 Å². The Bertz CT molecular complexity index is 3880. The van der Waals surface area contributed by atoms with Crippen LogP contribution in [0.1, 0.15) is 0 Å². The van der Waals surface area contributed by atoms with E-state index in [0.717, 1.165) is 38.9 Å². The molecule has 284 valence electrons. The SMILES string of the molecule is c1ccc(-c2cccc(-n3c4ccccc4c4ccc(-c5ccc6c(c5)c5ccccc5n6-c5cccc6c(-c7ccc8c(c7)oc7ccccc78)cccc56)cc43)c2)cc1. The van der Waals surface area contributed by atoms with Crippen LogP contribution in [0.4, 0.5) is 0 Å². The van der Waals surface area contributed by atoms with E-state index >= 15 is 0 Å². The molecule has 0 saturated carbocycles. The van der Waals surface area contributed by atoms with Crippen LogP contribution in [-0.4, -0.2) is 9.13 Å². The van der Waals surface area contributed by atoms with Crippen LogP contribution in [-0.2, 0) is 0 Å². The van der Waals surface area contributed by atoms with E-state index in [2.05, 4.69) is 215 Å².